The van der Waals surface area contributed by atoms with Gasteiger partial charge in [-0.15, -0.1) is 0 Å². The summed E-state index contributed by atoms with van der Waals surface area (Å²) in [6, 6.07) is 0. The Kier molecular flexibility index (Phi) is 6.14. The lowest BCUT2D eigenvalue weighted by Gasteiger charge is -2.23. The van der Waals surface area contributed by atoms with Crippen LogP contribution in [0.2, 0.25) is 0 Å². The molecule has 0 aliphatic rings. The van der Waals surface area contributed by atoms with Crippen LogP contribution in [-0.4, -0.2) is 40.2 Å². The van der Waals surface area contributed by atoms with E-state index in [2.05, 4.69) is 45.9 Å². The molecule has 1 heterocycles. The highest BCUT2D eigenvalue weighted by Gasteiger charge is 2.16. The molecule has 19 heavy (non-hydrogen) atoms. The van der Waals surface area contributed by atoms with Gasteiger partial charge in [-0.25, -0.2) is 4.99 Å². The molecule has 0 bridgehead atoms. The van der Waals surface area contributed by atoms with Crippen molar-refractivity contribution in [2.75, 3.05) is 19.3 Å². The molecular weight excluding hydrogens is 262 g/mol. The second-order valence-corrected chi connectivity index (χ2v) is 6.26. The van der Waals surface area contributed by atoms with E-state index in [1.165, 1.54) is 0 Å². The molecule has 1 aromatic rings. The average Bonchev–Trinajstić information content (AvgIpc) is 2.79. The number of hydrogen-bond donors (Lipinski definition) is 2. The Balaban J connectivity index is 2.56. The van der Waals surface area contributed by atoms with Gasteiger partial charge in [-0.1, -0.05) is 5.16 Å². The van der Waals surface area contributed by atoms with E-state index < -0.39 is 0 Å². The molecule has 0 atom stereocenters. The maximum absolute atomic E-state index is 4.91. The Labute approximate surface area is 118 Å². The van der Waals surface area contributed by atoms with Crippen molar-refractivity contribution in [3.05, 3.63) is 11.7 Å². The third kappa shape index (κ3) is 5.96. The van der Waals surface area contributed by atoms with Gasteiger partial charge in [-0.3, -0.25) is 0 Å². The first-order chi connectivity index (χ1) is 8.96. The summed E-state index contributed by atoms with van der Waals surface area (Å²) in [5.41, 5.74) is 0. The topological polar surface area (TPSA) is 75.3 Å². The van der Waals surface area contributed by atoms with Crippen LogP contribution in [0.5, 0.6) is 0 Å². The number of aryl methyl sites for hydroxylation is 1. The fourth-order valence-electron chi connectivity index (χ4n) is 1.27. The summed E-state index contributed by atoms with van der Waals surface area (Å²) in [5.74, 6) is 1.93. The van der Waals surface area contributed by atoms with Crippen molar-refractivity contribution in [3.8, 4) is 0 Å². The van der Waals surface area contributed by atoms with Crippen LogP contribution in [0, 0.1) is 6.92 Å². The number of thioether (sulfide) groups is 1. The van der Waals surface area contributed by atoms with E-state index in [0.717, 1.165) is 19.0 Å². The second-order valence-electron chi connectivity index (χ2n) is 4.74. The summed E-state index contributed by atoms with van der Waals surface area (Å²) in [4.78, 5) is 8.56. The highest BCUT2D eigenvalue weighted by molar-refractivity contribution is 7.99. The lowest BCUT2D eigenvalue weighted by molar-refractivity contribution is 0.387. The fourth-order valence-corrected chi connectivity index (χ4v) is 1.48. The first kappa shape index (κ1) is 15.8. The zero-order valence-electron chi connectivity index (χ0n) is 12.3. The highest BCUT2D eigenvalue weighted by Crippen LogP contribution is 2.19. The first-order valence-corrected chi connectivity index (χ1v) is 7.56. The number of aromatic nitrogens is 2. The van der Waals surface area contributed by atoms with Gasteiger partial charge >= 0.3 is 0 Å². The molecule has 0 aliphatic carbocycles. The molecule has 7 heteroatoms. The first-order valence-electron chi connectivity index (χ1n) is 6.33. The van der Waals surface area contributed by atoms with Gasteiger partial charge in [-0.2, -0.15) is 16.7 Å². The zero-order chi connectivity index (χ0) is 14.3. The van der Waals surface area contributed by atoms with Crippen LogP contribution in [-0.2, 0) is 6.54 Å². The van der Waals surface area contributed by atoms with Crippen molar-refractivity contribution < 1.29 is 4.52 Å². The van der Waals surface area contributed by atoms with E-state index >= 15 is 0 Å². The van der Waals surface area contributed by atoms with E-state index in [1.54, 1.807) is 6.92 Å². The van der Waals surface area contributed by atoms with Crippen molar-refractivity contribution in [1.82, 2.24) is 20.8 Å². The number of aliphatic imine (C=N–C) groups is 1. The Morgan fingerprint density at radius 3 is 2.68 bits per heavy atom. The molecule has 2 N–H and O–H groups in total. The number of nitrogens with one attached hydrogen (secondary N) is 2. The standard InChI is InChI=1S/C12H23N5OS/c1-6-13-11(15-8-12(3,4)19-5)14-7-10-16-9(2)18-17-10/h6-8H2,1-5H3,(H2,13,14,15). The molecule has 1 aromatic heterocycles. The minimum Gasteiger partial charge on any atom is -0.357 e. The van der Waals surface area contributed by atoms with Crippen molar-refractivity contribution in [1.29, 1.82) is 0 Å². The predicted molar refractivity (Wildman–Crippen MR) is 79.4 cm³/mol. The van der Waals surface area contributed by atoms with Crippen LogP contribution in [0.1, 0.15) is 32.5 Å². The molecular formula is C12H23N5OS. The summed E-state index contributed by atoms with van der Waals surface area (Å²) in [6.45, 7) is 10.3. The molecule has 108 valence electrons. The van der Waals surface area contributed by atoms with Crippen LogP contribution in [0.25, 0.3) is 0 Å². The van der Waals surface area contributed by atoms with Gasteiger partial charge in [0.05, 0.1) is 0 Å². The smallest absolute Gasteiger partial charge is 0.223 e. The maximum atomic E-state index is 4.91. The molecule has 6 nitrogen and oxygen atoms in total. The van der Waals surface area contributed by atoms with Gasteiger partial charge in [0.1, 0.15) is 6.54 Å². The van der Waals surface area contributed by atoms with Crippen LogP contribution in [0.4, 0.5) is 0 Å². The number of rotatable bonds is 6. The summed E-state index contributed by atoms with van der Waals surface area (Å²) in [5, 5.41) is 10.3. The Bertz CT molecular complexity index is 416. The lowest BCUT2D eigenvalue weighted by atomic mass is 10.2. The van der Waals surface area contributed by atoms with Gasteiger partial charge in [0.2, 0.25) is 5.89 Å². The van der Waals surface area contributed by atoms with Gasteiger partial charge in [0, 0.05) is 24.8 Å². The Morgan fingerprint density at radius 1 is 1.42 bits per heavy atom. The van der Waals surface area contributed by atoms with Gasteiger partial charge < -0.3 is 15.2 Å². The zero-order valence-corrected chi connectivity index (χ0v) is 13.1. The minimum absolute atomic E-state index is 0.166. The lowest BCUT2D eigenvalue weighted by Crippen LogP contribution is -2.43. The monoisotopic (exact) mass is 285 g/mol. The SMILES string of the molecule is CCNC(=NCc1noc(C)n1)NCC(C)(C)SC. The molecule has 0 fully saturated rings. The van der Waals surface area contributed by atoms with Gasteiger partial charge in [0.25, 0.3) is 0 Å². The third-order valence-corrected chi connectivity index (χ3v) is 3.78. The van der Waals surface area contributed by atoms with Crippen LogP contribution < -0.4 is 10.6 Å². The molecule has 1 rings (SSSR count). The van der Waals surface area contributed by atoms with Crippen molar-refractivity contribution in [2.24, 2.45) is 4.99 Å². The fraction of sp³-hybridized carbons (Fsp3) is 0.750. The number of guanidine groups is 1. The number of nitrogens with zero attached hydrogens (tertiary/aromatic N) is 3. The highest BCUT2D eigenvalue weighted by atomic mass is 32.2. The van der Waals surface area contributed by atoms with Crippen molar-refractivity contribution in [3.63, 3.8) is 0 Å². The molecule has 0 aromatic carbocycles. The molecule has 0 aliphatic heterocycles. The van der Waals surface area contributed by atoms with Crippen molar-refractivity contribution in [2.45, 2.75) is 39.0 Å². The number of hydrogen-bond acceptors (Lipinski definition) is 5. The van der Waals surface area contributed by atoms with Crippen LogP contribution in [0.15, 0.2) is 9.52 Å². The summed E-state index contributed by atoms with van der Waals surface area (Å²) in [6.07, 6.45) is 2.10. The Morgan fingerprint density at radius 2 is 2.16 bits per heavy atom. The average molecular weight is 285 g/mol. The van der Waals surface area contributed by atoms with Crippen molar-refractivity contribution >= 4 is 17.7 Å². The molecule has 0 spiro atoms. The van der Waals surface area contributed by atoms with E-state index in [0.29, 0.717) is 18.3 Å². The molecule has 0 radical (unpaired) electrons. The van der Waals surface area contributed by atoms with E-state index in [9.17, 15) is 0 Å². The van der Waals surface area contributed by atoms with E-state index in [1.807, 2.05) is 18.7 Å². The quantitative estimate of drug-likeness (QED) is 0.610. The van der Waals surface area contributed by atoms with Gasteiger partial charge in [0.15, 0.2) is 11.8 Å². The van der Waals surface area contributed by atoms with Crippen LogP contribution >= 0.6 is 11.8 Å². The molecule has 0 amide bonds. The minimum atomic E-state index is 0.166. The maximum Gasteiger partial charge on any atom is 0.223 e. The summed E-state index contributed by atoms with van der Waals surface area (Å²) >= 11 is 1.82. The van der Waals surface area contributed by atoms with Crippen LogP contribution in [0.3, 0.4) is 0 Å². The second kappa shape index (κ2) is 7.37. The largest absolute Gasteiger partial charge is 0.357 e. The van der Waals surface area contributed by atoms with Gasteiger partial charge in [-0.05, 0) is 27.0 Å². The predicted octanol–water partition coefficient (Wildman–Crippen LogP) is 1.57. The summed E-state index contributed by atoms with van der Waals surface area (Å²) in [7, 11) is 0. The summed E-state index contributed by atoms with van der Waals surface area (Å²) < 4.78 is 5.08. The Hall–Kier alpha value is -1.24. The molecule has 0 unspecified atom stereocenters. The third-order valence-electron chi connectivity index (χ3n) is 2.53. The van der Waals surface area contributed by atoms with E-state index in [-0.39, 0.29) is 4.75 Å². The van der Waals surface area contributed by atoms with E-state index in [4.69, 9.17) is 4.52 Å². The normalized spacial score (nSPS) is 12.6. The molecule has 0 saturated heterocycles. The molecule has 0 saturated carbocycles.